The van der Waals surface area contributed by atoms with Crippen molar-refractivity contribution in [3.63, 3.8) is 0 Å². The normalized spacial score (nSPS) is 13.1. The van der Waals surface area contributed by atoms with Crippen LogP contribution in [-0.2, 0) is 0 Å². The molecule has 1 aliphatic carbocycles. The Labute approximate surface area is 109 Å². The number of hydrogen-bond donors (Lipinski definition) is 2. The summed E-state index contributed by atoms with van der Waals surface area (Å²) in [4.78, 5) is 4.31. The fraction of sp³-hybridized carbons (Fsp3) is 0.0769. The highest BCUT2D eigenvalue weighted by atomic mass is 16.4. The summed E-state index contributed by atoms with van der Waals surface area (Å²) in [6.45, 7) is 1.88. The van der Waals surface area contributed by atoms with Gasteiger partial charge in [0.1, 0.15) is 11.7 Å². The van der Waals surface area contributed by atoms with E-state index in [1.165, 1.54) is 0 Å². The summed E-state index contributed by atoms with van der Waals surface area (Å²) in [6.07, 6.45) is 7.19. The number of aromatic nitrogens is 2. The minimum Gasteiger partial charge on any atom is -0.422 e. The van der Waals surface area contributed by atoms with E-state index in [9.17, 15) is 15.3 Å². The molecule has 0 unspecified atom stereocenters. The molecule has 0 atom stereocenters. The van der Waals surface area contributed by atoms with E-state index >= 15 is 0 Å². The van der Waals surface area contributed by atoms with Crippen molar-refractivity contribution in [1.29, 1.82) is 5.26 Å². The maximum absolute atomic E-state index is 9.56. The molecule has 6 heteroatoms. The van der Waals surface area contributed by atoms with Crippen molar-refractivity contribution < 1.29 is 10.0 Å². The van der Waals surface area contributed by atoms with Crippen LogP contribution in [0.15, 0.2) is 30.5 Å². The summed E-state index contributed by atoms with van der Waals surface area (Å²) >= 11 is 0. The van der Waals surface area contributed by atoms with Gasteiger partial charge in [-0.3, -0.25) is 0 Å². The fourth-order valence-corrected chi connectivity index (χ4v) is 2.24. The molecular weight excluding hydrogens is 241 g/mol. The number of rotatable bonds is 2. The van der Waals surface area contributed by atoms with Gasteiger partial charge in [-0.05, 0) is 30.7 Å². The highest BCUT2D eigenvalue weighted by Gasteiger charge is 2.28. The Kier molecular flexibility index (Phi) is 2.52. The predicted octanol–water partition coefficient (Wildman–Crippen LogP) is 0.307. The Morgan fingerprint density at radius 2 is 2.16 bits per heavy atom. The molecule has 0 bridgehead atoms. The molecule has 3 rings (SSSR count). The number of allylic oxidation sites excluding steroid dienone is 4. The molecule has 0 radical (unpaired) electrons. The second-order valence-corrected chi connectivity index (χ2v) is 4.42. The number of nitriles is 1. The van der Waals surface area contributed by atoms with Crippen molar-refractivity contribution in [1.82, 2.24) is 9.55 Å². The smallest absolute Gasteiger partial charge is 0.422 e. The Hall–Kier alpha value is -2.36. The molecule has 19 heavy (non-hydrogen) atoms. The van der Waals surface area contributed by atoms with Gasteiger partial charge in [0.2, 0.25) is 0 Å². The van der Waals surface area contributed by atoms with Gasteiger partial charge in [-0.2, -0.15) is 5.26 Å². The summed E-state index contributed by atoms with van der Waals surface area (Å²) < 4.78 is 1.61. The second-order valence-electron chi connectivity index (χ2n) is 4.42. The van der Waals surface area contributed by atoms with Gasteiger partial charge in [0, 0.05) is 17.3 Å². The fourth-order valence-electron chi connectivity index (χ4n) is 2.24. The van der Waals surface area contributed by atoms with Crippen LogP contribution >= 0.6 is 0 Å². The molecule has 2 aromatic heterocycles. The zero-order valence-corrected chi connectivity index (χ0v) is 10.2. The second kappa shape index (κ2) is 4.09. The van der Waals surface area contributed by atoms with Crippen LogP contribution in [0, 0.1) is 18.3 Å². The number of nitrogens with zero attached hydrogens (tertiary/aromatic N) is 3. The monoisotopic (exact) mass is 251 g/mol. The third-order valence-corrected chi connectivity index (χ3v) is 3.13. The van der Waals surface area contributed by atoms with Crippen LogP contribution in [0.1, 0.15) is 11.1 Å². The Morgan fingerprint density at radius 1 is 1.42 bits per heavy atom. The first-order valence-electron chi connectivity index (χ1n) is 5.79. The van der Waals surface area contributed by atoms with E-state index in [1.54, 1.807) is 10.8 Å². The van der Waals surface area contributed by atoms with Crippen LogP contribution in [0.2, 0.25) is 0 Å². The molecule has 0 amide bonds. The van der Waals surface area contributed by atoms with Gasteiger partial charge in [0.15, 0.2) is 0 Å². The lowest BCUT2D eigenvalue weighted by atomic mass is 9.82. The summed E-state index contributed by atoms with van der Waals surface area (Å²) in [5.74, 6) is 0. The van der Waals surface area contributed by atoms with Crippen molar-refractivity contribution in [3.05, 3.63) is 41.6 Å². The van der Waals surface area contributed by atoms with Crippen LogP contribution in [0.4, 0.5) is 0 Å². The quantitative estimate of drug-likeness (QED) is 0.752. The third-order valence-electron chi connectivity index (χ3n) is 3.13. The van der Waals surface area contributed by atoms with E-state index < -0.39 is 7.12 Å². The lowest BCUT2D eigenvalue weighted by Gasteiger charge is -2.14. The molecule has 0 spiro atoms. The summed E-state index contributed by atoms with van der Waals surface area (Å²) in [5.41, 5.74) is 2.67. The topological polar surface area (TPSA) is 82.1 Å². The van der Waals surface area contributed by atoms with Crippen molar-refractivity contribution in [2.45, 2.75) is 6.92 Å². The molecule has 2 heterocycles. The average Bonchev–Trinajstić information content (AvgIpc) is 2.61. The highest BCUT2D eigenvalue weighted by molar-refractivity contribution is 6.59. The van der Waals surface area contributed by atoms with Gasteiger partial charge in [-0.1, -0.05) is 6.08 Å². The summed E-state index contributed by atoms with van der Waals surface area (Å²) in [5, 5.41) is 29.0. The summed E-state index contributed by atoms with van der Waals surface area (Å²) in [7, 11) is -1.72. The molecule has 92 valence electrons. The van der Waals surface area contributed by atoms with E-state index in [2.05, 4.69) is 4.98 Å². The van der Waals surface area contributed by atoms with Crippen LogP contribution in [0.5, 0.6) is 0 Å². The largest absolute Gasteiger partial charge is 0.507 e. The Balaban J connectivity index is 2.45. The van der Waals surface area contributed by atoms with Gasteiger partial charge in [-0.25, -0.2) is 4.98 Å². The van der Waals surface area contributed by atoms with Gasteiger partial charge in [0.05, 0.1) is 11.2 Å². The minimum atomic E-state index is -1.72. The molecule has 0 aromatic carbocycles. The Bertz CT molecular complexity index is 781. The number of aryl methyl sites for hydroxylation is 1. The first-order chi connectivity index (χ1) is 9.13. The van der Waals surface area contributed by atoms with Crippen LogP contribution < -0.4 is 5.59 Å². The number of fused-ring (bicyclic) bond motifs is 1. The summed E-state index contributed by atoms with van der Waals surface area (Å²) in [6, 6.07) is 3.86. The van der Waals surface area contributed by atoms with E-state index in [0.717, 1.165) is 11.3 Å². The van der Waals surface area contributed by atoms with Gasteiger partial charge in [-0.15, -0.1) is 0 Å². The Morgan fingerprint density at radius 3 is 2.68 bits per heavy atom. The van der Waals surface area contributed by atoms with Crippen LogP contribution in [0.3, 0.4) is 0 Å². The molecule has 0 saturated heterocycles. The van der Waals surface area contributed by atoms with E-state index in [-0.39, 0.29) is 11.2 Å². The van der Waals surface area contributed by atoms with E-state index in [1.807, 2.05) is 37.3 Å². The van der Waals surface area contributed by atoms with E-state index in [0.29, 0.717) is 11.0 Å². The zero-order valence-electron chi connectivity index (χ0n) is 10.2. The minimum absolute atomic E-state index is 0.159. The van der Waals surface area contributed by atoms with Crippen molar-refractivity contribution in [2.75, 3.05) is 0 Å². The lowest BCUT2D eigenvalue weighted by molar-refractivity contribution is 0.423. The third kappa shape index (κ3) is 1.60. The van der Waals surface area contributed by atoms with Crippen molar-refractivity contribution in [2.24, 2.45) is 0 Å². The van der Waals surface area contributed by atoms with Gasteiger partial charge >= 0.3 is 7.12 Å². The molecule has 2 aromatic rings. The molecule has 0 fully saturated rings. The van der Waals surface area contributed by atoms with Gasteiger partial charge in [0.25, 0.3) is 0 Å². The standard InChI is InChI=1S/C13H10BN3O2/c1-8-5-10-11(6-15)12(14(18)19)17(9-3-2-4-9)13(10)16-7-8/h2-5,7,18-19H,1H3. The van der Waals surface area contributed by atoms with E-state index in [4.69, 9.17) is 0 Å². The molecule has 2 N–H and O–H groups in total. The SMILES string of the molecule is Cc1cnc2c(c1)c(C#N)c(B(O)O)n2C1=CC=C1. The molecular formula is C13H10BN3O2. The van der Waals surface area contributed by atoms with Crippen molar-refractivity contribution >= 4 is 29.4 Å². The predicted molar refractivity (Wildman–Crippen MR) is 72.4 cm³/mol. The van der Waals surface area contributed by atoms with Gasteiger partial charge < -0.3 is 14.6 Å². The van der Waals surface area contributed by atoms with Crippen molar-refractivity contribution in [3.8, 4) is 6.07 Å². The molecule has 0 aliphatic heterocycles. The zero-order chi connectivity index (χ0) is 13.6. The lowest BCUT2D eigenvalue weighted by Crippen LogP contribution is -2.38. The molecule has 5 nitrogen and oxygen atoms in total. The number of pyridine rings is 1. The first kappa shape index (κ1) is 11.7. The molecule has 0 saturated carbocycles. The number of hydrogen-bond acceptors (Lipinski definition) is 4. The van der Waals surface area contributed by atoms with Crippen LogP contribution in [0.25, 0.3) is 16.7 Å². The average molecular weight is 251 g/mol. The first-order valence-corrected chi connectivity index (χ1v) is 5.79. The maximum atomic E-state index is 9.56. The highest BCUT2D eigenvalue weighted by Crippen LogP contribution is 2.25. The maximum Gasteiger partial charge on any atom is 0.507 e. The van der Waals surface area contributed by atoms with Crippen LogP contribution in [-0.4, -0.2) is 26.7 Å². The molecule has 1 aliphatic rings.